The Morgan fingerprint density at radius 2 is 1.70 bits per heavy atom. The molecule has 0 bridgehead atoms. The van der Waals surface area contributed by atoms with E-state index in [9.17, 15) is 18.0 Å². The van der Waals surface area contributed by atoms with Crippen molar-refractivity contribution in [2.24, 2.45) is 5.14 Å². The van der Waals surface area contributed by atoms with Gasteiger partial charge in [-0.3, -0.25) is 4.90 Å². The fraction of sp³-hybridized carbons (Fsp3) is 0.385. The summed E-state index contributed by atoms with van der Waals surface area (Å²) in [5.74, 6) is 0.509. The number of amides is 1. The Morgan fingerprint density at radius 3 is 2.32 bits per heavy atom. The number of carbonyl (C=O) groups excluding carboxylic acids is 1. The average molecular weight is 530 g/mol. The highest BCUT2D eigenvalue weighted by Crippen LogP contribution is 2.25. The van der Waals surface area contributed by atoms with Gasteiger partial charge in [-0.1, -0.05) is 12.1 Å². The van der Waals surface area contributed by atoms with Crippen molar-refractivity contribution in [2.75, 3.05) is 26.2 Å². The van der Waals surface area contributed by atoms with Crippen LogP contribution < -0.4 is 15.5 Å². The molecule has 0 saturated carbocycles. The first-order valence-electron chi connectivity index (χ1n) is 11.9. The molecule has 4 rings (SSSR count). The normalized spacial score (nSPS) is 15.1. The van der Waals surface area contributed by atoms with Crippen LogP contribution in [0.3, 0.4) is 0 Å². The number of benzene rings is 2. The summed E-state index contributed by atoms with van der Waals surface area (Å²) in [5.41, 5.74) is 1.02. The number of carbonyl (C=O) groups is 1. The van der Waals surface area contributed by atoms with Gasteiger partial charge in [-0.25, -0.2) is 23.1 Å². The van der Waals surface area contributed by atoms with Crippen molar-refractivity contribution >= 4 is 27.1 Å². The third-order valence-corrected chi connectivity index (χ3v) is 6.81. The van der Waals surface area contributed by atoms with Crippen molar-refractivity contribution in [3.05, 3.63) is 70.1 Å². The summed E-state index contributed by atoms with van der Waals surface area (Å²) in [6, 6.07) is 12.9. The maximum atomic E-state index is 12.3. The minimum atomic E-state index is -3.75. The first kappa shape index (κ1) is 26.6. The van der Waals surface area contributed by atoms with Crippen LogP contribution in [0.1, 0.15) is 31.9 Å². The van der Waals surface area contributed by atoms with Gasteiger partial charge in [0.2, 0.25) is 10.0 Å². The summed E-state index contributed by atoms with van der Waals surface area (Å²) in [4.78, 5) is 28.5. The van der Waals surface area contributed by atoms with Gasteiger partial charge in [0.15, 0.2) is 0 Å². The maximum Gasteiger partial charge on any atom is 0.410 e. The van der Waals surface area contributed by atoms with E-state index < -0.39 is 21.2 Å². The van der Waals surface area contributed by atoms with Crippen LogP contribution in [0.5, 0.6) is 5.75 Å². The molecule has 0 radical (unpaired) electrons. The van der Waals surface area contributed by atoms with Crippen LogP contribution in [-0.2, 0) is 27.9 Å². The van der Waals surface area contributed by atoms with Gasteiger partial charge in [-0.15, -0.1) is 0 Å². The van der Waals surface area contributed by atoms with Crippen LogP contribution >= 0.6 is 0 Å². The Hall–Kier alpha value is -3.41. The first-order chi connectivity index (χ1) is 17.4. The molecule has 1 amide bonds. The minimum Gasteiger partial charge on any atom is -0.489 e. The van der Waals surface area contributed by atoms with Gasteiger partial charge >= 0.3 is 11.7 Å². The lowest BCUT2D eigenvalue weighted by Crippen LogP contribution is -2.49. The molecule has 0 unspecified atom stereocenters. The van der Waals surface area contributed by atoms with Gasteiger partial charge in [0.25, 0.3) is 0 Å². The highest BCUT2D eigenvalue weighted by Gasteiger charge is 2.26. The summed E-state index contributed by atoms with van der Waals surface area (Å²) in [6.07, 6.45) is -0.314. The van der Waals surface area contributed by atoms with Gasteiger partial charge in [0, 0.05) is 50.2 Å². The molecule has 198 valence electrons. The molecule has 11 heteroatoms. The molecule has 2 aromatic carbocycles. The number of nitrogens with zero attached hydrogens (tertiary/aromatic N) is 2. The Kier molecular flexibility index (Phi) is 7.58. The molecule has 0 atom stereocenters. The molecule has 1 fully saturated rings. The molecule has 2 N–H and O–H groups in total. The number of hydrogen-bond acceptors (Lipinski definition) is 8. The number of piperazine rings is 1. The number of primary sulfonamides is 1. The molecule has 1 saturated heterocycles. The first-order valence-corrected chi connectivity index (χ1v) is 13.4. The zero-order valence-corrected chi connectivity index (χ0v) is 21.9. The quantitative estimate of drug-likeness (QED) is 0.482. The van der Waals surface area contributed by atoms with Crippen LogP contribution in [0.2, 0.25) is 0 Å². The highest BCUT2D eigenvalue weighted by atomic mass is 32.2. The van der Waals surface area contributed by atoms with E-state index in [4.69, 9.17) is 19.0 Å². The fourth-order valence-electron chi connectivity index (χ4n) is 4.03. The van der Waals surface area contributed by atoms with Crippen molar-refractivity contribution in [1.29, 1.82) is 0 Å². The maximum absolute atomic E-state index is 12.3. The van der Waals surface area contributed by atoms with Crippen molar-refractivity contribution in [3.63, 3.8) is 0 Å². The fourth-order valence-corrected chi connectivity index (χ4v) is 4.54. The minimum absolute atomic E-state index is 0.0301. The van der Waals surface area contributed by atoms with Gasteiger partial charge in [0.05, 0.1) is 4.90 Å². The van der Waals surface area contributed by atoms with Crippen LogP contribution in [-0.4, -0.2) is 56.1 Å². The second-order valence-electron chi connectivity index (χ2n) is 9.97. The van der Waals surface area contributed by atoms with Gasteiger partial charge in [-0.05, 0) is 56.2 Å². The van der Waals surface area contributed by atoms with E-state index in [1.807, 2.05) is 26.8 Å². The molecule has 37 heavy (non-hydrogen) atoms. The van der Waals surface area contributed by atoms with E-state index in [0.717, 1.165) is 16.5 Å². The predicted molar refractivity (Wildman–Crippen MR) is 138 cm³/mol. The molecule has 2 heterocycles. The standard InChI is InChI=1S/C26H31N3O7S/c1-26(2,3)36-25(31)29-12-10-28(11-13-29)16-19-14-24(30)35-23-15-20(6-9-22(19)23)34-17-18-4-7-21(8-5-18)37(27,32)33/h4-9,14-15H,10-13,16-17H2,1-3H3,(H2,27,32,33). The van der Waals surface area contributed by atoms with Crippen molar-refractivity contribution in [2.45, 2.75) is 44.4 Å². The second kappa shape index (κ2) is 10.5. The molecular formula is C26H31N3O7S. The number of rotatable bonds is 6. The summed E-state index contributed by atoms with van der Waals surface area (Å²) in [6.45, 7) is 8.68. The largest absolute Gasteiger partial charge is 0.489 e. The third-order valence-electron chi connectivity index (χ3n) is 5.88. The molecular weight excluding hydrogens is 498 g/mol. The number of hydrogen-bond donors (Lipinski definition) is 1. The van der Waals surface area contributed by atoms with Crippen LogP contribution in [0.25, 0.3) is 11.0 Å². The number of ether oxygens (including phenoxy) is 2. The molecule has 1 aliphatic rings. The van der Waals surface area contributed by atoms with E-state index >= 15 is 0 Å². The second-order valence-corrected chi connectivity index (χ2v) is 11.5. The lowest BCUT2D eigenvalue weighted by molar-refractivity contribution is 0.0139. The Labute approximate surface area is 215 Å². The number of fused-ring (bicyclic) bond motifs is 1. The van der Waals surface area contributed by atoms with Crippen LogP contribution in [0.4, 0.5) is 4.79 Å². The summed E-state index contributed by atoms with van der Waals surface area (Å²) >= 11 is 0. The third kappa shape index (κ3) is 7.09. The Bertz CT molecular complexity index is 1440. The lowest BCUT2D eigenvalue weighted by Gasteiger charge is -2.35. The Morgan fingerprint density at radius 1 is 1.03 bits per heavy atom. The van der Waals surface area contributed by atoms with E-state index in [1.54, 1.807) is 29.2 Å². The molecule has 10 nitrogen and oxygen atoms in total. The van der Waals surface area contributed by atoms with E-state index in [2.05, 4.69) is 4.90 Å². The van der Waals surface area contributed by atoms with Crippen molar-refractivity contribution in [1.82, 2.24) is 9.80 Å². The van der Waals surface area contributed by atoms with Gasteiger partial charge in [0.1, 0.15) is 23.5 Å². The molecule has 3 aromatic rings. The summed E-state index contributed by atoms with van der Waals surface area (Å²) in [7, 11) is -3.75. The molecule has 1 aliphatic heterocycles. The van der Waals surface area contributed by atoms with Crippen molar-refractivity contribution in [3.8, 4) is 5.75 Å². The number of sulfonamides is 1. The van der Waals surface area contributed by atoms with Gasteiger partial charge in [-0.2, -0.15) is 0 Å². The number of nitrogens with two attached hydrogens (primary N) is 1. The van der Waals surface area contributed by atoms with Crippen molar-refractivity contribution < 1.29 is 27.1 Å². The van der Waals surface area contributed by atoms with E-state index in [0.29, 0.717) is 44.1 Å². The van der Waals surface area contributed by atoms with Crippen LogP contribution in [0, 0.1) is 0 Å². The lowest BCUT2D eigenvalue weighted by atomic mass is 10.1. The van der Waals surface area contributed by atoms with E-state index in [1.165, 1.54) is 18.2 Å². The van der Waals surface area contributed by atoms with Crippen LogP contribution in [0.15, 0.2) is 62.6 Å². The molecule has 0 aliphatic carbocycles. The van der Waals surface area contributed by atoms with Gasteiger partial charge < -0.3 is 18.8 Å². The topological polar surface area (TPSA) is 132 Å². The zero-order valence-electron chi connectivity index (χ0n) is 21.1. The smallest absolute Gasteiger partial charge is 0.410 e. The monoisotopic (exact) mass is 529 g/mol. The highest BCUT2D eigenvalue weighted by molar-refractivity contribution is 7.89. The summed E-state index contributed by atoms with van der Waals surface area (Å²) < 4.78 is 39.5. The zero-order chi connectivity index (χ0) is 26.8. The SMILES string of the molecule is CC(C)(C)OC(=O)N1CCN(Cc2cc(=O)oc3cc(OCc4ccc(S(N)(=O)=O)cc4)ccc23)CC1. The molecule has 0 spiro atoms. The van der Waals surface area contributed by atoms with E-state index in [-0.39, 0.29) is 17.6 Å². The Balaban J connectivity index is 1.41. The predicted octanol–water partition coefficient (Wildman–Crippen LogP) is 3.07. The summed E-state index contributed by atoms with van der Waals surface area (Å²) in [5, 5.41) is 5.93. The average Bonchev–Trinajstić information content (AvgIpc) is 2.81. The molecule has 1 aromatic heterocycles.